The summed E-state index contributed by atoms with van der Waals surface area (Å²) in [7, 11) is 1.82. The third-order valence-electron chi connectivity index (χ3n) is 3.50. The van der Waals surface area contributed by atoms with Crippen LogP contribution in [-0.4, -0.2) is 48.5 Å². The molecule has 2 N–H and O–H groups in total. The van der Waals surface area contributed by atoms with Gasteiger partial charge in [-0.1, -0.05) is 0 Å². The molecule has 1 saturated heterocycles. The fraction of sp³-hybridized carbons (Fsp3) is 0.500. The highest BCUT2D eigenvalue weighted by atomic mass is 32.2. The van der Waals surface area contributed by atoms with Gasteiger partial charge >= 0.3 is 0 Å². The lowest BCUT2D eigenvalue weighted by Crippen LogP contribution is -2.46. The van der Waals surface area contributed by atoms with Crippen molar-refractivity contribution < 1.29 is 4.79 Å². The number of carbonyl (C=O) groups excluding carboxylic acids is 1. The Hall–Kier alpha value is -1.20. The monoisotopic (exact) mass is 279 g/mol. The van der Waals surface area contributed by atoms with E-state index in [1.807, 2.05) is 43.1 Å². The molecule has 5 heteroatoms. The molecular weight excluding hydrogens is 258 g/mol. The van der Waals surface area contributed by atoms with Crippen LogP contribution in [0.25, 0.3) is 0 Å². The molecule has 1 aromatic rings. The van der Waals surface area contributed by atoms with Crippen LogP contribution < -0.4 is 10.6 Å². The normalized spacial score (nSPS) is 20.2. The van der Waals surface area contributed by atoms with Crippen LogP contribution in [0.3, 0.4) is 0 Å². The topological polar surface area (TPSA) is 49.6 Å². The first-order valence-electron chi connectivity index (χ1n) is 6.52. The maximum atomic E-state index is 12.3. The molecule has 2 rings (SSSR count). The Kier molecular flexibility index (Phi) is 4.71. The lowest BCUT2D eigenvalue weighted by Gasteiger charge is -2.33. The maximum Gasteiger partial charge on any atom is 0.240 e. The minimum atomic E-state index is 0.128. The molecule has 1 aliphatic rings. The van der Waals surface area contributed by atoms with Gasteiger partial charge in [-0.05, 0) is 31.2 Å². The van der Waals surface area contributed by atoms with Crippen molar-refractivity contribution in [2.24, 2.45) is 0 Å². The van der Waals surface area contributed by atoms with E-state index in [4.69, 9.17) is 5.73 Å². The number of anilines is 2. The molecule has 0 aliphatic carbocycles. The quantitative estimate of drug-likeness (QED) is 0.855. The van der Waals surface area contributed by atoms with Gasteiger partial charge in [0.1, 0.15) is 0 Å². The summed E-state index contributed by atoms with van der Waals surface area (Å²) in [6.45, 7) is 3.67. The SMILES string of the molecule is CC1CSCCN1CC(=O)N(C)c1ccc(N)cc1. The number of nitrogens with two attached hydrogens (primary N) is 1. The second kappa shape index (κ2) is 6.30. The molecule has 0 saturated carbocycles. The largest absolute Gasteiger partial charge is 0.399 e. The zero-order valence-electron chi connectivity index (χ0n) is 11.5. The summed E-state index contributed by atoms with van der Waals surface area (Å²) in [4.78, 5) is 16.2. The van der Waals surface area contributed by atoms with Gasteiger partial charge in [-0.3, -0.25) is 9.69 Å². The van der Waals surface area contributed by atoms with E-state index in [1.165, 1.54) is 0 Å². The van der Waals surface area contributed by atoms with Crippen molar-refractivity contribution in [1.29, 1.82) is 0 Å². The summed E-state index contributed by atoms with van der Waals surface area (Å²) >= 11 is 1.96. The number of likely N-dealkylation sites (N-methyl/N-ethyl adjacent to an activating group) is 1. The molecule has 1 atom stereocenters. The molecule has 4 nitrogen and oxygen atoms in total. The van der Waals surface area contributed by atoms with Crippen LogP contribution in [0.5, 0.6) is 0 Å². The van der Waals surface area contributed by atoms with Gasteiger partial charge in [0, 0.05) is 42.5 Å². The number of thioether (sulfide) groups is 1. The Labute approximate surface area is 118 Å². The summed E-state index contributed by atoms with van der Waals surface area (Å²) in [5.41, 5.74) is 7.26. The van der Waals surface area contributed by atoms with Crippen molar-refractivity contribution in [3.63, 3.8) is 0 Å². The summed E-state index contributed by atoms with van der Waals surface area (Å²) in [5, 5.41) is 0. The first kappa shape index (κ1) is 14.2. The summed E-state index contributed by atoms with van der Waals surface area (Å²) in [5.74, 6) is 2.35. The van der Waals surface area contributed by atoms with E-state index in [0.29, 0.717) is 18.3 Å². The second-order valence-corrected chi connectivity index (χ2v) is 6.09. The number of hydrogen-bond donors (Lipinski definition) is 1. The summed E-state index contributed by atoms with van der Waals surface area (Å²) < 4.78 is 0. The molecule has 19 heavy (non-hydrogen) atoms. The van der Waals surface area contributed by atoms with Crippen LogP contribution >= 0.6 is 11.8 Å². The van der Waals surface area contributed by atoms with Crippen LogP contribution in [0.1, 0.15) is 6.92 Å². The number of amides is 1. The van der Waals surface area contributed by atoms with E-state index < -0.39 is 0 Å². The first-order chi connectivity index (χ1) is 9.08. The fourth-order valence-electron chi connectivity index (χ4n) is 2.12. The molecule has 1 fully saturated rings. The molecule has 1 heterocycles. The van der Waals surface area contributed by atoms with Crippen molar-refractivity contribution in [1.82, 2.24) is 4.90 Å². The van der Waals surface area contributed by atoms with Crippen LogP contribution in [0.15, 0.2) is 24.3 Å². The average molecular weight is 279 g/mol. The minimum Gasteiger partial charge on any atom is -0.399 e. The van der Waals surface area contributed by atoms with E-state index in [1.54, 1.807) is 4.90 Å². The Bertz CT molecular complexity index is 435. The number of carbonyl (C=O) groups is 1. The minimum absolute atomic E-state index is 0.128. The first-order valence-corrected chi connectivity index (χ1v) is 7.67. The third-order valence-corrected chi connectivity index (χ3v) is 4.69. The van der Waals surface area contributed by atoms with Gasteiger partial charge in [-0.2, -0.15) is 11.8 Å². The second-order valence-electron chi connectivity index (χ2n) is 4.94. The summed E-state index contributed by atoms with van der Waals surface area (Å²) in [6.07, 6.45) is 0. The lowest BCUT2D eigenvalue weighted by atomic mass is 10.2. The zero-order valence-corrected chi connectivity index (χ0v) is 12.3. The van der Waals surface area contributed by atoms with Crippen LogP contribution in [0, 0.1) is 0 Å². The smallest absolute Gasteiger partial charge is 0.240 e. The van der Waals surface area contributed by atoms with Crippen molar-refractivity contribution in [3.8, 4) is 0 Å². The standard InChI is InChI=1S/C14H21N3OS/c1-11-10-19-8-7-17(11)9-14(18)16(2)13-5-3-12(15)4-6-13/h3-6,11H,7-10,15H2,1-2H3. The van der Waals surface area contributed by atoms with E-state index in [0.717, 1.165) is 23.7 Å². The molecule has 0 spiro atoms. The van der Waals surface area contributed by atoms with Crippen LogP contribution in [-0.2, 0) is 4.79 Å². The molecule has 0 aromatic heterocycles. The fourth-order valence-corrected chi connectivity index (χ4v) is 3.20. The third kappa shape index (κ3) is 3.64. The van der Waals surface area contributed by atoms with E-state index in [9.17, 15) is 4.79 Å². The van der Waals surface area contributed by atoms with Gasteiger partial charge in [0.25, 0.3) is 0 Å². The molecule has 1 aromatic carbocycles. The summed E-state index contributed by atoms with van der Waals surface area (Å²) in [6, 6.07) is 7.87. The molecule has 0 bridgehead atoms. The number of nitrogens with zero attached hydrogens (tertiary/aromatic N) is 2. The van der Waals surface area contributed by atoms with E-state index in [-0.39, 0.29) is 5.91 Å². The van der Waals surface area contributed by atoms with Gasteiger partial charge < -0.3 is 10.6 Å². The van der Waals surface area contributed by atoms with Gasteiger partial charge in [-0.15, -0.1) is 0 Å². The van der Waals surface area contributed by atoms with Crippen molar-refractivity contribution >= 4 is 29.0 Å². The Balaban J connectivity index is 1.97. The van der Waals surface area contributed by atoms with Gasteiger partial charge in [0.2, 0.25) is 5.91 Å². The van der Waals surface area contributed by atoms with Crippen molar-refractivity contribution in [2.45, 2.75) is 13.0 Å². The van der Waals surface area contributed by atoms with E-state index >= 15 is 0 Å². The molecular formula is C14H21N3OS. The number of benzene rings is 1. The maximum absolute atomic E-state index is 12.3. The average Bonchev–Trinajstić information content (AvgIpc) is 2.41. The van der Waals surface area contributed by atoms with Crippen LogP contribution in [0.2, 0.25) is 0 Å². The van der Waals surface area contributed by atoms with Crippen molar-refractivity contribution in [2.75, 3.05) is 42.3 Å². The predicted molar refractivity (Wildman–Crippen MR) is 82.6 cm³/mol. The van der Waals surface area contributed by atoms with Crippen molar-refractivity contribution in [3.05, 3.63) is 24.3 Å². The Morgan fingerprint density at radius 2 is 2.16 bits per heavy atom. The molecule has 104 valence electrons. The zero-order chi connectivity index (χ0) is 13.8. The Morgan fingerprint density at radius 1 is 1.47 bits per heavy atom. The number of hydrogen-bond acceptors (Lipinski definition) is 4. The highest BCUT2D eigenvalue weighted by molar-refractivity contribution is 7.99. The molecule has 1 aliphatic heterocycles. The highest BCUT2D eigenvalue weighted by Crippen LogP contribution is 2.18. The van der Waals surface area contributed by atoms with Gasteiger partial charge in [0.15, 0.2) is 0 Å². The van der Waals surface area contributed by atoms with E-state index in [2.05, 4.69) is 11.8 Å². The number of nitrogen functional groups attached to an aromatic ring is 1. The molecule has 1 unspecified atom stereocenters. The number of rotatable bonds is 3. The lowest BCUT2D eigenvalue weighted by molar-refractivity contribution is -0.119. The molecule has 1 amide bonds. The predicted octanol–water partition coefficient (Wildman–Crippen LogP) is 1.67. The highest BCUT2D eigenvalue weighted by Gasteiger charge is 2.22. The molecule has 0 radical (unpaired) electrons. The Morgan fingerprint density at radius 3 is 2.79 bits per heavy atom. The van der Waals surface area contributed by atoms with Gasteiger partial charge in [0.05, 0.1) is 6.54 Å². The van der Waals surface area contributed by atoms with Crippen LogP contribution in [0.4, 0.5) is 11.4 Å². The van der Waals surface area contributed by atoms with Gasteiger partial charge in [-0.25, -0.2) is 0 Å².